The van der Waals surface area contributed by atoms with Gasteiger partial charge in [0.05, 0.1) is 0 Å². The number of hydrogen-bond donors (Lipinski definition) is 3. The quantitative estimate of drug-likeness (QED) is 0.780. The molecule has 1 atom stereocenters. The first-order valence-electron chi connectivity index (χ1n) is 6.56. The van der Waals surface area contributed by atoms with E-state index in [4.69, 9.17) is 11.5 Å². The number of primary amides is 1. The molecule has 2 aromatic rings. The predicted molar refractivity (Wildman–Crippen MR) is 81.6 cm³/mol. The first-order valence-corrected chi connectivity index (χ1v) is 6.56. The summed E-state index contributed by atoms with van der Waals surface area (Å²) in [7, 11) is 0. The van der Waals surface area contributed by atoms with Crippen molar-refractivity contribution < 1.29 is 9.59 Å². The largest absolute Gasteiger partial charge is 0.366 e. The number of benzene rings is 2. The summed E-state index contributed by atoms with van der Waals surface area (Å²) in [6.45, 7) is 0. The van der Waals surface area contributed by atoms with Gasteiger partial charge in [-0.05, 0) is 29.8 Å². The van der Waals surface area contributed by atoms with Gasteiger partial charge in [-0.3, -0.25) is 9.59 Å². The molecule has 0 fully saturated rings. The van der Waals surface area contributed by atoms with E-state index in [1.54, 1.807) is 24.3 Å². The van der Waals surface area contributed by atoms with Crippen LogP contribution < -0.4 is 16.8 Å². The van der Waals surface area contributed by atoms with Crippen molar-refractivity contribution in [1.29, 1.82) is 0 Å². The summed E-state index contributed by atoms with van der Waals surface area (Å²) in [5, 5.41) is 2.74. The topological polar surface area (TPSA) is 98.2 Å². The molecule has 0 aliphatic heterocycles. The number of rotatable bonds is 5. The average molecular weight is 283 g/mol. The fourth-order valence-electron chi connectivity index (χ4n) is 1.95. The van der Waals surface area contributed by atoms with Crippen LogP contribution in [0.4, 0.5) is 5.69 Å². The molecule has 2 rings (SSSR count). The molecule has 0 saturated carbocycles. The van der Waals surface area contributed by atoms with Crippen LogP contribution in [-0.4, -0.2) is 11.8 Å². The number of carbonyl (C=O) groups is 2. The van der Waals surface area contributed by atoms with Crippen molar-refractivity contribution in [2.24, 2.45) is 11.5 Å². The molecule has 0 aliphatic carbocycles. The molecule has 5 N–H and O–H groups in total. The molecule has 0 radical (unpaired) electrons. The minimum absolute atomic E-state index is 0.182. The molecular formula is C16H17N3O2. The van der Waals surface area contributed by atoms with Crippen molar-refractivity contribution in [2.45, 2.75) is 12.5 Å². The van der Waals surface area contributed by atoms with E-state index in [2.05, 4.69) is 5.32 Å². The number of amides is 2. The maximum absolute atomic E-state index is 11.9. The molecule has 0 spiro atoms. The highest BCUT2D eigenvalue weighted by Crippen LogP contribution is 2.15. The van der Waals surface area contributed by atoms with Crippen LogP contribution in [0.5, 0.6) is 0 Å². The molecule has 21 heavy (non-hydrogen) atoms. The van der Waals surface area contributed by atoms with E-state index in [0.717, 1.165) is 5.56 Å². The highest BCUT2D eigenvalue weighted by molar-refractivity contribution is 5.94. The zero-order chi connectivity index (χ0) is 15.2. The third-order valence-corrected chi connectivity index (χ3v) is 3.09. The van der Waals surface area contributed by atoms with Crippen LogP contribution in [0.15, 0.2) is 54.6 Å². The van der Waals surface area contributed by atoms with Gasteiger partial charge in [-0.25, -0.2) is 0 Å². The first-order chi connectivity index (χ1) is 10.1. The van der Waals surface area contributed by atoms with E-state index >= 15 is 0 Å². The van der Waals surface area contributed by atoms with Crippen molar-refractivity contribution in [3.63, 3.8) is 0 Å². The lowest BCUT2D eigenvalue weighted by Crippen LogP contribution is -2.20. The first kappa shape index (κ1) is 14.7. The average Bonchev–Trinajstić information content (AvgIpc) is 2.48. The van der Waals surface area contributed by atoms with E-state index in [-0.39, 0.29) is 18.4 Å². The summed E-state index contributed by atoms with van der Waals surface area (Å²) in [6.07, 6.45) is 0.182. The Labute approximate surface area is 123 Å². The maximum atomic E-state index is 11.9. The molecule has 2 amide bonds. The Kier molecular flexibility index (Phi) is 4.68. The van der Waals surface area contributed by atoms with Crippen molar-refractivity contribution in [3.8, 4) is 0 Å². The summed E-state index contributed by atoms with van der Waals surface area (Å²) in [5.74, 6) is -0.683. The second-order valence-electron chi connectivity index (χ2n) is 4.71. The second kappa shape index (κ2) is 6.67. The van der Waals surface area contributed by atoms with E-state index in [0.29, 0.717) is 11.3 Å². The number of anilines is 1. The Morgan fingerprint density at radius 3 is 2.19 bits per heavy atom. The van der Waals surface area contributed by atoms with Crippen molar-refractivity contribution >= 4 is 17.5 Å². The van der Waals surface area contributed by atoms with Crippen molar-refractivity contribution in [3.05, 3.63) is 65.7 Å². The molecule has 2 aromatic carbocycles. The lowest BCUT2D eigenvalue weighted by atomic mass is 10.0. The Morgan fingerprint density at radius 2 is 1.62 bits per heavy atom. The summed E-state index contributed by atoms with van der Waals surface area (Å²) >= 11 is 0. The molecule has 0 saturated heterocycles. The van der Waals surface area contributed by atoms with Gasteiger partial charge in [0.25, 0.3) is 0 Å². The maximum Gasteiger partial charge on any atom is 0.248 e. The van der Waals surface area contributed by atoms with E-state index in [1.807, 2.05) is 30.3 Å². The molecule has 0 aliphatic rings. The molecule has 0 bridgehead atoms. The molecular weight excluding hydrogens is 266 g/mol. The molecule has 0 unspecified atom stereocenters. The van der Waals surface area contributed by atoms with Crippen LogP contribution in [0.25, 0.3) is 0 Å². The van der Waals surface area contributed by atoms with E-state index in [1.165, 1.54) is 0 Å². The number of nitrogens with one attached hydrogen (secondary N) is 1. The summed E-state index contributed by atoms with van der Waals surface area (Å²) in [4.78, 5) is 22.9. The van der Waals surface area contributed by atoms with Gasteiger partial charge in [0, 0.05) is 23.7 Å². The van der Waals surface area contributed by atoms with Crippen molar-refractivity contribution in [1.82, 2.24) is 0 Å². The van der Waals surface area contributed by atoms with Crippen LogP contribution >= 0.6 is 0 Å². The fourth-order valence-corrected chi connectivity index (χ4v) is 1.95. The number of carbonyl (C=O) groups excluding carboxylic acids is 2. The zero-order valence-corrected chi connectivity index (χ0v) is 11.5. The Balaban J connectivity index is 1.94. The third kappa shape index (κ3) is 4.15. The molecule has 5 heteroatoms. The van der Waals surface area contributed by atoms with Crippen LogP contribution in [-0.2, 0) is 4.79 Å². The van der Waals surface area contributed by atoms with E-state index in [9.17, 15) is 9.59 Å². The van der Waals surface area contributed by atoms with Gasteiger partial charge < -0.3 is 16.8 Å². The smallest absolute Gasteiger partial charge is 0.248 e. The predicted octanol–water partition coefficient (Wildman–Crippen LogP) is 1.81. The Morgan fingerprint density at radius 1 is 1.00 bits per heavy atom. The highest BCUT2D eigenvalue weighted by atomic mass is 16.2. The number of hydrogen-bond acceptors (Lipinski definition) is 3. The monoisotopic (exact) mass is 283 g/mol. The van der Waals surface area contributed by atoms with Crippen LogP contribution in [0.2, 0.25) is 0 Å². The van der Waals surface area contributed by atoms with Gasteiger partial charge >= 0.3 is 0 Å². The van der Waals surface area contributed by atoms with Gasteiger partial charge in [-0.1, -0.05) is 30.3 Å². The van der Waals surface area contributed by atoms with Gasteiger partial charge in [0.1, 0.15) is 0 Å². The Bertz CT molecular complexity index is 624. The van der Waals surface area contributed by atoms with Crippen molar-refractivity contribution in [2.75, 3.05) is 5.32 Å². The minimum Gasteiger partial charge on any atom is -0.366 e. The highest BCUT2D eigenvalue weighted by Gasteiger charge is 2.11. The third-order valence-electron chi connectivity index (χ3n) is 3.09. The van der Waals surface area contributed by atoms with Gasteiger partial charge in [0.2, 0.25) is 11.8 Å². The normalized spacial score (nSPS) is 11.7. The van der Waals surface area contributed by atoms with Gasteiger partial charge in [0.15, 0.2) is 0 Å². The van der Waals surface area contributed by atoms with Gasteiger partial charge in [-0.2, -0.15) is 0 Å². The van der Waals surface area contributed by atoms with Crippen LogP contribution in [0.1, 0.15) is 28.4 Å². The Hall–Kier alpha value is -2.66. The van der Waals surface area contributed by atoms with E-state index < -0.39 is 5.91 Å². The van der Waals surface area contributed by atoms with Crippen LogP contribution in [0, 0.1) is 0 Å². The minimum atomic E-state index is -0.501. The lowest BCUT2D eigenvalue weighted by Gasteiger charge is -2.12. The molecule has 0 heterocycles. The fraction of sp³-hybridized carbons (Fsp3) is 0.125. The number of nitrogens with two attached hydrogens (primary N) is 2. The lowest BCUT2D eigenvalue weighted by molar-refractivity contribution is -0.116. The van der Waals surface area contributed by atoms with Gasteiger partial charge in [-0.15, -0.1) is 0 Å². The standard InChI is InChI=1S/C16H17N3O2/c17-14(11-4-2-1-3-5-11)10-15(20)19-13-8-6-12(7-9-13)16(18)21/h1-9,14H,10,17H2,(H2,18,21)(H,19,20)/t14-/m0/s1. The molecule has 108 valence electrons. The molecule has 5 nitrogen and oxygen atoms in total. The van der Waals surface area contributed by atoms with Crippen LogP contribution in [0.3, 0.4) is 0 Å². The summed E-state index contributed by atoms with van der Waals surface area (Å²) in [6, 6.07) is 15.5. The summed E-state index contributed by atoms with van der Waals surface area (Å²) in [5.41, 5.74) is 13.1. The molecule has 0 aromatic heterocycles. The summed E-state index contributed by atoms with van der Waals surface area (Å²) < 4.78 is 0. The second-order valence-corrected chi connectivity index (χ2v) is 4.71. The zero-order valence-electron chi connectivity index (χ0n) is 11.5. The SMILES string of the molecule is NC(=O)c1ccc(NC(=O)C[C@H](N)c2ccccc2)cc1.